The fourth-order valence-electron chi connectivity index (χ4n) is 2.23. The van der Waals surface area contributed by atoms with Gasteiger partial charge in [-0.05, 0) is 67.8 Å². The van der Waals surface area contributed by atoms with E-state index in [2.05, 4.69) is 11.4 Å². The third kappa shape index (κ3) is 3.82. The largest absolute Gasteiger partial charge is 0.454 e. The molecule has 0 fully saturated rings. The van der Waals surface area contributed by atoms with Crippen molar-refractivity contribution in [2.45, 2.75) is 34.2 Å². The van der Waals surface area contributed by atoms with Crippen LogP contribution in [0, 0.1) is 26.6 Å². The molecule has 2 nitrogen and oxygen atoms in total. The Kier molecular flexibility index (Phi) is 4.97. The van der Waals surface area contributed by atoms with Crippen LogP contribution in [0.2, 0.25) is 0 Å². The van der Waals surface area contributed by atoms with Gasteiger partial charge in [0.15, 0.2) is 11.6 Å². The van der Waals surface area contributed by atoms with Crippen LogP contribution in [0.5, 0.6) is 11.5 Å². The van der Waals surface area contributed by atoms with Gasteiger partial charge in [-0.15, -0.1) is 0 Å². The predicted octanol–water partition coefficient (Wildman–Crippen LogP) is 4.65. The first-order valence-corrected chi connectivity index (χ1v) is 7.26. The maximum absolute atomic E-state index is 14.1. The number of hydrogen-bond donors (Lipinski definition) is 1. The van der Waals surface area contributed by atoms with Crippen LogP contribution in [-0.4, -0.2) is 6.54 Å². The van der Waals surface area contributed by atoms with E-state index < -0.39 is 0 Å². The molecule has 0 aliphatic rings. The molecule has 2 rings (SSSR count). The summed E-state index contributed by atoms with van der Waals surface area (Å²) in [5, 5.41) is 3.18. The fourth-order valence-corrected chi connectivity index (χ4v) is 2.23. The Labute approximate surface area is 126 Å². The smallest absolute Gasteiger partial charge is 0.166 e. The minimum atomic E-state index is -0.330. The molecule has 0 spiro atoms. The first kappa shape index (κ1) is 15.5. The summed E-state index contributed by atoms with van der Waals surface area (Å²) in [6.45, 7) is 9.58. The van der Waals surface area contributed by atoms with Crippen LogP contribution in [0.3, 0.4) is 0 Å². The molecular weight excluding hydrogens is 265 g/mol. The van der Waals surface area contributed by atoms with Crippen LogP contribution < -0.4 is 10.1 Å². The zero-order chi connectivity index (χ0) is 15.4. The van der Waals surface area contributed by atoms with Crippen molar-refractivity contribution in [2.24, 2.45) is 0 Å². The Morgan fingerprint density at radius 2 is 1.81 bits per heavy atom. The van der Waals surface area contributed by atoms with Gasteiger partial charge in [0.25, 0.3) is 0 Å². The SMILES string of the molecule is CCNCc1ccc(Oc2cc(C)cc(C)c2C)c(F)c1. The van der Waals surface area contributed by atoms with E-state index in [9.17, 15) is 4.39 Å². The summed E-state index contributed by atoms with van der Waals surface area (Å²) in [5.41, 5.74) is 4.21. The van der Waals surface area contributed by atoms with Crippen molar-refractivity contribution >= 4 is 0 Å². The van der Waals surface area contributed by atoms with Gasteiger partial charge in [-0.1, -0.05) is 19.1 Å². The lowest BCUT2D eigenvalue weighted by Crippen LogP contribution is -2.11. The molecule has 21 heavy (non-hydrogen) atoms. The summed E-state index contributed by atoms with van der Waals surface area (Å²) < 4.78 is 19.9. The summed E-state index contributed by atoms with van der Waals surface area (Å²) in [6.07, 6.45) is 0. The average molecular weight is 287 g/mol. The Balaban J connectivity index is 2.24. The van der Waals surface area contributed by atoms with Crippen LogP contribution in [0.15, 0.2) is 30.3 Å². The lowest BCUT2D eigenvalue weighted by atomic mass is 10.1. The summed E-state index contributed by atoms with van der Waals surface area (Å²) >= 11 is 0. The van der Waals surface area contributed by atoms with E-state index in [1.807, 2.05) is 39.8 Å². The molecule has 0 saturated carbocycles. The Morgan fingerprint density at radius 1 is 1.05 bits per heavy atom. The number of nitrogens with one attached hydrogen (secondary N) is 1. The number of hydrogen-bond acceptors (Lipinski definition) is 2. The van der Waals surface area contributed by atoms with Crippen LogP contribution >= 0.6 is 0 Å². The minimum Gasteiger partial charge on any atom is -0.454 e. The van der Waals surface area contributed by atoms with Gasteiger partial charge in [-0.2, -0.15) is 0 Å². The topological polar surface area (TPSA) is 21.3 Å². The fraction of sp³-hybridized carbons (Fsp3) is 0.333. The molecule has 0 bridgehead atoms. The van der Waals surface area contributed by atoms with Crippen LogP contribution in [-0.2, 0) is 6.54 Å². The van der Waals surface area contributed by atoms with E-state index >= 15 is 0 Å². The van der Waals surface area contributed by atoms with Gasteiger partial charge in [0.05, 0.1) is 0 Å². The first-order chi connectivity index (χ1) is 10.0. The van der Waals surface area contributed by atoms with E-state index in [0.29, 0.717) is 12.3 Å². The highest BCUT2D eigenvalue weighted by Gasteiger charge is 2.09. The standard InChI is InChI=1S/C18H22FNO/c1-5-20-11-15-6-7-17(16(19)10-15)21-18-9-12(2)8-13(3)14(18)4/h6-10,20H,5,11H2,1-4H3. The van der Waals surface area contributed by atoms with E-state index in [4.69, 9.17) is 4.74 Å². The van der Waals surface area contributed by atoms with Gasteiger partial charge in [-0.25, -0.2) is 4.39 Å². The number of benzene rings is 2. The highest BCUT2D eigenvalue weighted by Crippen LogP contribution is 2.30. The molecule has 0 radical (unpaired) electrons. The summed E-state index contributed by atoms with van der Waals surface area (Å²) in [4.78, 5) is 0. The molecule has 112 valence electrons. The summed E-state index contributed by atoms with van der Waals surface area (Å²) in [5.74, 6) is 0.651. The van der Waals surface area contributed by atoms with E-state index in [1.165, 1.54) is 6.07 Å². The van der Waals surface area contributed by atoms with Crippen LogP contribution in [0.1, 0.15) is 29.2 Å². The average Bonchev–Trinajstić information content (AvgIpc) is 2.44. The normalized spacial score (nSPS) is 10.7. The van der Waals surface area contributed by atoms with Crippen molar-refractivity contribution < 1.29 is 9.13 Å². The number of rotatable bonds is 5. The molecule has 0 heterocycles. The molecule has 2 aromatic rings. The zero-order valence-corrected chi connectivity index (χ0v) is 13.1. The summed E-state index contributed by atoms with van der Waals surface area (Å²) in [7, 11) is 0. The lowest BCUT2D eigenvalue weighted by Gasteiger charge is -2.13. The third-order valence-corrected chi connectivity index (χ3v) is 3.56. The van der Waals surface area contributed by atoms with E-state index in [1.54, 1.807) is 6.07 Å². The molecule has 0 atom stereocenters. The quantitative estimate of drug-likeness (QED) is 0.864. The second-order valence-corrected chi connectivity index (χ2v) is 5.35. The molecular formula is C18H22FNO. The van der Waals surface area contributed by atoms with Crippen molar-refractivity contribution in [1.29, 1.82) is 0 Å². The van der Waals surface area contributed by atoms with E-state index in [0.717, 1.165) is 28.8 Å². The molecule has 0 saturated heterocycles. The van der Waals surface area contributed by atoms with Crippen LogP contribution in [0.4, 0.5) is 4.39 Å². The molecule has 1 N–H and O–H groups in total. The highest BCUT2D eigenvalue weighted by molar-refractivity contribution is 5.44. The minimum absolute atomic E-state index is 0.267. The second-order valence-electron chi connectivity index (χ2n) is 5.35. The Hall–Kier alpha value is -1.87. The van der Waals surface area contributed by atoms with Gasteiger partial charge in [0, 0.05) is 6.54 Å². The van der Waals surface area contributed by atoms with Crippen molar-refractivity contribution in [2.75, 3.05) is 6.54 Å². The number of halogens is 1. The molecule has 0 aromatic heterocycles. The van der Waals surface area contributed by atoms with Crippen molar-refractivity contribution in [1.82, 2.24) is 5.32 Å². The maximum atomic E-state index is 14.1. The molecule has 0 aliphatic heterocycles. The first-order valence-electron chi connectivity index (χ1n) is 7.26. The van der Waals surface area contributed by atoms with E-state index in [-0.39, 0.29) is 11.6 Å². The summed E-state index contributed by atoms with van der Waals surface area (Å²) in [6, 6.07) is 9.14. The van der Waals surface area contributed by atoms with Gasteiger partial charge < -0.3 is 10.1 Å². The maximum Gasteiger partial charge on any atom is 0.166 e. The number of ether oxygens (including phenoxy) is 1. The van der Waals surface area contributed by atoms with Crippen LogP contribution in [0.25, 0.3) is 0 Å². The molecule has 2 aromatic carbocycles. The third-order valence-electron chi connectivity index (χ3n) is 3.56. The predicted molar refractivity (Wildman–Crippen MR) is 84.5 cm³/mol. The lowest BCUT2D eigenvalue weighted by molar-refractivity contribution is 0.438. The Morgan fingerprint density at radius 3 is 2.48 bits per heavy atom. The Bertz CT molecular complexity index is 637. The molecule has 3 heteroatoms. The zero-order valence-electron chi connectivity index (χ0n) is 13.1. The van der Waals surface area contributed by atoms with Crippen molar-refractivity contribution in [3.63, 3.8) is 0 Å². The highest BCUT2D eigenvalue weighted by atomic mass is 19.1. The van der Waals surface area contributed by atoms with Crippen molar-refractivity contribution in [3.8, 4) is 11.5 Å². The second kappa shape index (κ2) is 6.72. The van der Waals surface area contributed by atoms with Crippen molar-refractivity contribution in [3.05, 3.63) is 58.4 Å². The van der Waals surface area contributed by atoms with Gasteiger partial charge in [0.1, 0.15) is 5.75 Å². The number of aryl methyl sites for hydroxylation is 2. The molecule has 0 unspecified atom stereocenters. The molecule has 0 aliphatic carbocycles. The van der Waals surface area contributed by atoms with Gasteiger partial charge in [-0.3, -0.25) is 0 Å². The van der Waals surface area contributed by atoms with Gasteiger partial charge >= 0.3 is 0 Å². The molecule has 0 amide bonds. The van der Waals surface area contributed by atoms with Gasteiger partial charge in [0.2, 0.25) is 0 Å². The monoisotopic (exact) mass is 287 g/mol.